The smallest absolute Gasteiger partial charge is 0.339 e. The quantitative estimate of drug-likeness (QED) is 0.807. The first kappa shape index (κ1) is 16.3. The Balaban J connectivity index is 1.70. The maximum Gasteiger partial charge on any atom is 0.339 e. The van der Waals surface area contributed by atoms with Crippen LogP contribution in [-0.2, 0) is 4.79 Å². The van der Waals surface area contributed by atoms with Crippen LogP contribution in [0.1, 0.15) is 36.5 Å². The van der Waals surface area contributed by atoms with Crippen molar-refractivity contribution in [3.63, 3.8) is 0 Å². The second-order valence-electron chi connectivity index (χ2n) is 6.28. The number of Topliss-reactive ketones (excluding diaryl/α,β-unsaturated/α-hetero) is 1. The summed E-state index contributed by atoms with van der Waals surface area (Å²) in [7, 11) is 4.00. The highest BCUT2D eigenvalue weighted by Gasteiger charge is 2.59. The van der Waals surface area contributed by atoms with Gasteiger partial charge in [0.2, 0.25) is 0 Å². The summed E-state index contributed by atoms with van der Waals surface area (Å²) >= 11 is 0. The minimum absolute atomic E-state index is 0.0558. The average Bonchev–Trinajstić information content (AvgIpc) is 3.03. The van der Waals surface area contributed by atoms with Crippen molar-refractivity contribution in [3.05, 3.63) is 17.7 Å². The van der Waals surface area contributed by atoms with Crippen LogP contribution in [0.25, 0.3) is 0 Å². The predicted octanol–water partition coefficient (Wildman–Crippen LogP) is 2.28. The van der Waals surface area contributed by atoms with Gasteiger partial charge in [-0.25, -0.2) is 4.79 Å². The maximum absolute atomic E-state index is 11.8. The molecule has 1 aromatic carbocycles. The number of hydrogen-bond donors (Lipinski definition) is 1. The number of aromatic carboxylic acids is 1. The largest absolute Gasteiger partial charge is 0.496 e. The predicted molar refractivity (Wildman–Crippen MR) is 88.7 cm³/mol. The second kappa shape index (κ2) is 6.12. The molecule has 2 aliphatic carbocycles. The van der Waals surface area contributed by atoms with Gasteiger partial charge in [-0.1, -0.05) is 6.92 Å². The summed E-state index contributed by atoms with van der Waals surface area (Å²) in [6.07, 6.45) is 2.42. The van der Waals surface area contributed by atoms with Gasteiger partial charge in [0.1, 0.15) is 22.8 Å². The molecule has 0 amide bonds. The minimum Gasteiger partial charge on any atom is -0.496 e. The van der Waals surface area contributed by atoms with Crippen LogP contribution in [0.2, 0.25) is 0 Å². The fraction of sp³-hybridized carbons (Fsp3) is 0.529. The van der Waals surface area contributed by atoms with E-state index < -0.39 is 5.97 Å². The van der Waals surface area contributed by atoms with Crippen molar-refractivity contribution in [1.82, 2.24) is 0 Å². The lowest BCUT2D eigenvalue weighted by Gasteiger charge is -2.19. The molecular formula is C17H21O5P. The van der Waals surface area contributed by atoms with E-state index in [1.807, 2.05) is 6.92 Å². The number of carboxylic acids is 1. The number of carbonyl (C=O) groups is 2. The van der Waals surface area contributed by atoms with Crippen molar-refractivity contribution < 1.29 is 24.2 Å². The first-order chi connectivity index (χ1) is 11.0. The Morgan fingerprint density at radius 3 is 2.43 bits per heavy atom. The molecule has 0 saturated heterocycles. The molecule has 0 bridgehead atoms. The SMILES string of the molecule is CCC(=O)C1[C@H]2CC(Oc3cc(C(=O)O)c(OC)cc3P)C[C@@H]12. The third-order valence-corrected chi connectivity index (χ3v) is 5.43. The van der Waals surface area contributed by atoms with Gasteiger partial charge in [-0.3, -0.25) is 4.79 Å². The Hall–Kier alpha value is -1.61. The van der Waals surface area contributed by atoms with Crippen molar-refractivity contribution in [2.45, 2.75) is 32.3 Å². The molecule has 124 valence electrons. The summed E-state index contributed by atoms with van der Waals surface area (Å²) in [5.74, 6) is 1.34. The first-order valence-corrected chi connectivity index (χ1v) is 8.44. The highest BCUT2D eigenvalue weighted by atomic mass is 31.0. The number of ketones is 1. The molecule has 2 saturated carbocycles. The lowest BCUT2D eigenvalue weighted by Crippen LogP contribution is -2.20. The van der Waals surface area contributed by atoms with E-state index in [1.54, 1.807) is 6.07 Å². The minimum atomic E-state index is -1.04. The third kappa shape index (κ3) is 2.94. The van der Waals surface area contributed by atoms with E-state index in [0.29, 0.717) is 35.5 Å². The number of benzene rings is 1. The van der Waals surface area contributed by atoms with Crippen molar-refractivity contribution in [2.24, 2.45) is 17.8 Å². The molecular weight excluding hydrogens is 315 g/mol. The number of rotatable bonds is 6. The highest BCUT2D eigenvalue weighted by Crippen LogP contribution is 2.58. The van der Waals surface area contributed by atoms with Gasteiger partial charge in [0.15, 0.2) is 0 Å². The van der Waals surface area contributed by atoms with Crippen molar-refractivity contribution in [2.75, 3.05) is 7.11 Å². The Kier molecular flexibility index (Phi) is 4.33. The molecule has 6 heteroatoms. The molecule has 2 fully saturated rings. The zero-order valence-corrected chi connectivity index (χ0v) is 14.4. The second-order valence-corrected chi connectivity index (χ2v) is 6.90. The molecule has 5 atom stereocenters. The Morgan fingerprint density at radius 2 is 1.91 bits per heavy atom. The summed E-state index contributed by atoms with van der Waals surface area (Å²) in [5, 5.41) is 10.0. The molecule has 0 spiro atoms. The van der Waals surface area contributed by atoms with Crippen LogP contribution in [-0.4, -0.2) is 30.1 Å². The molecule has 0 aromatic heterocycles. The monoisotopic (exact) mass is 336 g/mol. The molecule has 1 N–H and O–H groups in total. The molecule has 3 rings (SSSR count). The molecule has 0 aliphatic heterocycles. The number of methoxy groups -OCH3 is 1. The van der Waals surface area contributed by atoms with Gasteiger partial charge in [-0.2, -0.15) is 0 Å². The van der Waals surface area contributed by atoms with Crippen LogP contribution in [0.4, 0.5) is 0 Å². The van der Waals surface area contributed by atoms with Gasteiger partial charge in [0, 0.05) is 17.6 Å². The summed E-state index contributed by atoms with van der Waals surface area (Å²) in [6.45, 7) is 1.91. The van der Waals surface area contributed by atoms with Gasteiger partial charge in [-0.15, -0.1) is 9.24 Å². The molecule has 5 nitrogen and oxygen atoms in total. The summed E-state index contributed by atoms with van der Waals surface area (Å²) in [6, 6.07) is 3.17. The van der Waals surface area contributed by atoms with Crippen LogP contribution in [0, 0.1) is 17.8 Å². The fourth-order valence-electron chi connectivity index (χ4n) is 3.79. The van der Waals surface area contributed by atoms with E-state index in [1.165, 1.54) is 13.2 Å². The van der Waals surface area contributed by atoms with Crippen molar-refractivity contribution >= 4 is 26.3 Å². The van der Waals surface area contributed by atoms with Gasteiger partial charge >= 0.3 is 5.97 Å². The van der Waals surface area contributed by atoms with Gasteiger partial charge in [0.25, 0.3) is 0 Å². The Bertz CT molecular complexity index is 645. The molecule has 2 aliphatic rings. The van der Waals surface area contributed by atoms with Crippen LogP contribution in [0.15, 0.2) is 12.1 Å². The normalized spacial score (nSPS) is 28.1. The van der Waals surface area contributed by atoms with Gasteiger partial charge in [-0.05, 0) is 36.8 Å². The van der Waals surface area contributed by atoms with Crippen LogP contribution in [0.5, 0.6) is 11.5 Å². The standard InChI is InChI=1S/C17H21O5P/c1-3-12(18)16-9-4-8(5-10(9)16)22-14-6-11(17(19)20)13(21-2)7-15(14)23/h6-10,16H,3-5,23H2,1-2H3,(H,19,20)/t8?,9-,10+,16?. The van der Waals surface area contributed by atoms with Crippen molar-refractivity contribution in [3.8, 4) is 11.5 Å². The van der Waals surface area contributed by atoms with Crippen LogP contribution >= 0.6 is 9.24 Å². The zero-order valence-electron chi connectivity index (χ0n) is 13.2. The molecule has 23 heavy (non-hydrogen) atoms. The maximum atomic E-state index is 11.8. The lowest BCUT2D eigenvalue weighted by atomic mass is 10.0. The highest BCUT2D eigenvalue weighted by molar-refractivity contribution is 7.27. The molecule has 3 unspecified atom stereocenters. The number of carboxylic acid groups (broad SMARTS) is 1. The van der Waals surface area contributed by atoms with Crippen molar-refractivity contribution in [1.29, 1.82) is 0 Å². The number of carbonyl (C=O) groups excluding carboxylic acids is 1. The fourth-order valence-corrected chi connectivity index (χ4v) is 4.10. The number of fused-ring (bicyclic) bond motifs is 1. The van der Waals surface area contributed by atoms with E-state index in [-0.39, 0.29) is 17.6 Å². The summed E-state index contributed by atoms with van der Waals surface area (Å²) in [5.41, 5.74) is 0.0934. The van der Waals surface area contributed by atoms with E-state index in [0.717, 1.165) is 18.1 Å². The van der Waals surface area contributed by atoms with Crippen LogP contribution < -0.4 is 14.8 Å². The summed E-state index contributed by atoms with van der Waals surface area (Å²) in [4.78, 5) is 23.1. The third-order valence-electron chi connectivity index (χ3n) is 4.98. The number of hydrogen-bond acceptors (Lipinski definition) is 4. The Labute approximate surface area is 137 Å². The summed E-state index contributed by atoms with van der Waals surface area (Å²) < 4.78 is 11.1. The van der Waals surface area contributed by atoms with E-state index in [2.05, 4.69) is 9.24 Å². The van der Waals surface area contributed by atoms with Crippen LogP contribution in [0.3, 0.4) is 0 Å². The lowest BCUT2D eigenvalue weighted by molar-refractivity contribution is -0.120. The van der Waals surface area contributed by atoms with E-state index >= 15 is 0 Å². The molecule has 0 heterocycles. The molecule has 1 aromatic rings. The van der Waals surface area contributed by atoms with Gasteiger partial charge in [0.05, 0.1) is 13.2 Å². The topological polar surface area (TPSA) is 72.8 Å². The zero-order chi connectivity index (χ0) is 16.7. The van der Waals surface area contributed by atoms with Gasteiger partial charge < -0.3 is 14.6 Å². The van der Waals surface area contributed by atoms with E-state index in [4.69, 9.17) is 9.47 Å². The Morgan fingerprint density at radius 1 is 1.26 bits per heavy atom. The van der Waals surface area contributed by atoms with E-state index in [9.17, 15) is 14.7 Å². The molecule has 0 radical (unpaired) electrons. The first-order valence-electron chi connectivity index (χ1n) is 7.86. The number of ether oxygens (including phenoxy) is 2. The average molecular weight is 336 g/mol.